The van der Waals surface area contributed by atoms with Gasteiger partial charge in [-0.25, -0.2) is 4.79 Å². The van der Waals surface area contributed by atoms with Crippen molar-refractivity contribution in [2.45, 2.75) is 71.8 Å². The summed E-state index contributed by atoms with van der Waals surface area (Å²) >= 11 is 0. The molecule has 0 aliphatic heterocycles. The first-order valence-electron chi connectivity index (χ1n) is 12.7. The largest absolute Gasteiger partial charge is 0.466 e. The number of esters is 3. The van der Waals surface area contributed by atoms with Crippen LogP contribution in [0.15, 0.2) is 48.5 Å². The summed E-state index contributed by atoms with van der Waals surface area (Å²) in [7, 11) is 0. The molecule has 2 aromatic carbocycles. The molecule has 9 nitrogen and oxygen atoms in total. The van der Waals surface area contributed by atoms with Gasteiger partial charge in [-0.2, -0.15) is 0 Å². The number of rotatable bonds is 15. The molecule has 9 heteroatoms. The highest BCUT2D eigenvalue weighted by Gasteiger charge is 2.23. The van der Waals surface area contributed by atoms with Crippen LogP contribution in [-0.4, -0.2) is 42.2 Å². The van der Waals surface area contributed by atoms with Crippen LogP contribution in [0.4, 0.5) is 0 Å². The van der Waals surface area contributed by atoms with Crippen molar-refractivity contribution >= 4 is 29.6 Å². The van der Waals surface area contributed by atoms with E-state index in [2.05, 4.69) is 5.32 Å². The Kier molecular flexibility index (Phi) is 12.7. The highest BCUT2D eigenvalue weighted by molar-refractivity contribution is 5.86. The predicted molar refractivity (Wildman–Crippen MR) is 140 cm³/mol. The van der Waals surface area contributed by atoms with E-state index >= 15 is 0 Å². The molecule has 0 saturated carbocycles. The van der Waals surface area contributed by atoms with Gasteiger partial charge in [-0.05, 0) is 62.1 Å². The summed E-state index contributed by atoms with van der Waals surface area (Å²) in [5.74, 6) is -1.11. The van der Waals surface area contributed by atoms with E-state index in [1.165, 1.54) is 6.92 Å². The van der Waals surface area contributed by atoms with Gasteiger partial charge < -0.3 is 24.3 Å². The number of aryl methyl sites for hydroxylation is 1. The van der Waals surface area contributed by atoms with Crippen LogP contribution in [-0.2, 0) is 41.6 Å². The number of benzene rings is 2. The van der Waals surface area contributed by atoms with Gasteiger partial charge in [0.25, 0.3) is 0 Å². The minimum absolute atomic E-state index is 0.000829. The average Bonchev–Trinajstić information content (AvgIpc) is 2.88. The second-order valence-corrected chi connectivity index (χ2v) is 8.76. The Bertz CT molecular complexity index is 1090. The fraction of sp³-hybridized carbons (Fsp3) is 0.414. The number of nitrogens with one attached hydrogen (secondary N) is 1. The number of ketones is 1. The summed E-state index contributed by atoms with van der Waals surface area (Å²) in [6, 6.07) is 12.4. The normalized spacial score (nSPS) is 11.2. The topological polar surface area (TPSA) is 125 Å². The number of carbonyl (C=O) groups is 5. The average molecular weight is 526 g/mol. The van der Waals surface area contributed by atoms with E-state index < -0.39 is 18.0 Å². The number of carbonyl (C=O) groups excluding carboxylic acids is 5. The lowest BCUT2D eigenvalue weighted by Crippen LogP contribution is -2.44. The van der Waals surface area contributed by atoms with Gasteiger partial charge in [0.2, 0.25) is 5.91 Å². The molecule has 0 bridgehead atoms. The third kappa shape index (κ3) is 11.4. The van der Waals surface area contributed by atoms with Crippen molar-refractivity contribution in [3.63, 3.8) is 0 Å². The molecule has 0 aliphatic carbocycles. The van der Waals surface area contributed by atoms with Gasteiger partial charge in [0, 0.05) is 25.7 Å². The van der Waals surface area contributed by atoms with Gasteiger partial charge in [-0.3, -0.25) is 14.4 Å². The SMILES string of the molecule is CCCC(=O)NC(Cc1ccc(OC(=O)CCC(C)=O)cc1)C(=O)Oc1ccc(CCC(=O)OCC)cc1. The van der Waals surface area contributed by atoms with Crippen LogP contribution in [0.25, 0.3) is 0 Å². The number of amides is 1. The van der Waals surface area contributed by atoms with Gasteiger partial charge in [0.05, 0.1) is 13.0 Å². The van der Waals surface area contributed by atoms with Crippen molar-refractivity contribution in [3.05, 3.63) is 59.7 Å². The Morgan fingerprint density at radius 2 is 1.34 bits per heavy atom. The number of hydrogen-bond acceptors (Lipinski definition) is 8. The smallest absolute Gasteiger partial charge is 0.334 e. The lowest BCUT2D eigenvalue weighted by molar-refractivity contribution is -0.143. The Morgan fingerprint density at radius 1 is 0.737 bits per heavy atom. The Labute approximate surface area is 222 Å². The molecule has 38 heavy (non-hydrogen) atoms. The number of ether oxygens (including phenoxy) is 3. The monoisotopic (exact) mass is 525 g/mol. The number of Topliss-reactive ketones (excluding diaryl/α,β-unsaturated/α-hetero) is 1. The molecule has 1 amide bonds. The van der Waals surface area contributed by atoms with E-state index in [1.54, 1.807) is 55.5 Å². The molecule has 0 heterocycles. The maximum absolute atomic E-state index is 13.0. The second kappa shape index (κ2) is 16.0. The minimum Gasteiger partial charge on any atom is -0.466 e. The summed E-state index contributed by atoms with van der Waals surface area (Å²) in [4.78, 5) is 59.6. The molecule has 0 fully saturated rings. The fourth-order valence-electron chi connectivity index (χ4n) is 3.47. The van der Waals surface area contributed by atoms with Crippen molar-refractivity contribution in [2.75, 3.05) is 6.61 Å². The van der Waals surface area contributed by atoms with Crippen LogP contribution < -0.4 is 14.8 Å². The van der Waals surface area contributed by atoms with Crippen LogP contribution in [0.2, 0.25) is 0 Å². The first-order valence-corrected chi connectivity index (χ1v) is 12.7. The first kappa shape index (κ1) is 30.2. The summed E-state index contributed by atoms with van der Waals surface area (Å²) in [5, 5.41) is 2.73. The maximum atomic E-state index is 13.0. The Balaban J connectivity index is 2.02. The van der Waals surface area contributed by atoms with Crippen molar-refractivity contribution in [1.82, 2.24) is 5.32 Å². The molecule has 2 aromatic rings. The quantitative estimate of drug-likeness (QED) is 0.274. The standard InChI is InChI=1S/C29H35NO8/c1-4-6-26(32)30-25(19-22-10-15-23(16-11-22)37-28(34)17-7-20(3)31)29(35)38-24-13-8-21(9-14-24)12-18-27(33)36-5-2/h8-11,13-16,25H,4-7,12,17-19H2,1-3H3,(H,30,32). The molecule has 204 valence electrons. The van der Waals surface area contributed by atoms with Crippen molar-refractivity contribution in [1.29, 1.82) is 0 Å². The molecule has 0 spiro atoms. The first-order chi connectivity index (χ1) is 18.2. The van der Waals surface area contributed by atoms with E-state index in [9.17, 15) is 24.0 Å². The van der Waals surface area contributed by atoms with E-state index in [0.29, 0.717) is 30.9 Å². The Morgan fingerprint density at radius 3 is 1.92 bits per heavy atom. The fourth-order valence-corrected chi connectivity index (χ4v) is 3.47. The highest BCUT2D eigenvalue weighted by atomic mass is 16.5. The van der Waals surface area contributed by atoms with E-state index in [4.69, 9.17) is 14.2 Å². The zero-order chi connectivity index (χ0) is 27.9. The van der Waals surface area contributed by atoms with E-state index in [1.807, 2.05) is 6.92 Å². The van der Waals surface area contributed by atoms with Gasteiger partial charge in [-0.1, -0.05) is 31.2 Å². The molecule has 1 unspecified atom stereocenters. The molecule has 1 atom stereocenters. The molecule has 0 saturated heterocycles. The summed E-state index contributed by atoms with van der Waals surface area (Å²) in [5.41, 5.74) is 1.62. The molecule has 0 aliphatic rings. The lowest BCUT2D eigenvalue weighted by Gasteiger charge is -2.18. The van der Waals surface area contributed by atoms with Crippen LogP contribution in [0.1, 0.15) is 64.0 Å². The van der Waals surface area contributed by atoms with E-state index in [0.717, 1.165) is 11.1 Å². The van der Waals surface area contributed by atoms with Gasteiger partial charge in [-0.15, -0.1) is 0 Å². The molecular weight excluding hydrogens is 490 g/mol. The van der Waals surface area contributed by atoms with Crippen LogP contribution in [0.5, 0.6) is 11.5 Å². The summed E-state index contributed by atoms with van der Waals surface area (Å²) in [6.45, 7) is 5.37. The molecule has 2 rings (SSSR count). The molecular formula is C29H35NO8. The molecule has 1 N–H and O–H groups in total. The predicted octanol–water partition coefficient (Wildman–Crippen LogP) is 3.89. The third-order valence-corrected chi connectivity index (χ3v) is 5.44. The van der Waals surface area contributed by atoms with Crippen LogP contribution in [0, 0.1) is 0 Å². The summed E-state index contributed by atoms with van der Waals surface area (Å²) in [6.07, 6.45) is 1.96. The molecule has 0 radical (unpaired) electrons. The second-order valence-electron chi connectivity index (χ2n) is 8.76. The lowest BCUT2D eigenvalue weighted by atomic mass is 10.1. The van der Waals surface area contributed by atoms with Gasteiger partial charge in [0.15, 0.2) is 0 Å². The minimum atomic E-state index is -0.929. The van der Waals surface area contributed by atoms with Crippen molar-refractivity contribution in [2.24, 2.45) is 0 Å². The van der Waals surface area contributed by atoms with Crippen molar-refractivity contribution in [3.8, 4) is 11.5 Å². The zero-order valence-electron chi connectivity index (χ0n) is 22.1. The van der Waals surface area contributed by atoms with Gasteiger partial charge in [0.1, 0.15) is 23.3 Å². The van der Waals surface area contributed by atoms with Crippen LogP contribution in [0.3, 0.4) is 0 Å². The summed E-state index contributed by atoms with van der Waals surface area (Å²) < 4.78 is 15.7. The van der Waals surface area contributed by atoms with Gasteiger partial charge >= 0.3 is 17.9 Å². The van der Waals surface area contributed by atoms with E-state index in [-0.39, 0.29) is 49.8 Å². The zero-order valence-corrected chi connectivity index (χ0v) is 22.1. The third-order valence-electron chi connectivity index (χ3n) is 5.44. The van der Waals surface area contributed by atoms with Crippen LogP contribution >= 0.6 is 0 Å². The Hall–Kier alpha value is -4.01. The number of hydrogen-bond donors (Lipinski definition) is 1. The molecule has 0 aromatic heterocycles. The van der Waals surface area contributed by atoms with Crippen molar-refractivity contribution < 1.29 is 38.2 Å². The maximum Gasteiger partial charge on any atom is 0.334 e. The highest BCUT2D eigenvalue weighted by Crippen LogP contribution is 2.18.